The highest BCUT2D eigenvalue weighted by Crippen LogP contribution is 2.18. The lowest BCUT2D eigenvalue weighted by molar-refractivity contribution is 0.149. The average molecular weight is 328 g/mol. The van der Waals surface area contributed by atoms with E-state index in [-0.39, 0.29) is 12.4 Å². The second kappa shape index (κ2) is 6.72. The molecule has 1 heterocycles. The minimum Gasteiger partial charge on any atom is -0.386 e. The van der Waals surface area contributed by atoms with Crippen LogP contribution in [0.4, 0.5) is 8.78 Å². The van der Waals surface area contributed by atoms with Crippen molar-refractivity contribution < 1.29 is 13.9 Å². The lowest BCUT2D eigenvalue weighted by Crippen LogP contribution is -2.25. The number of halogens is 2. The number of nitrogens with zero attached hydrogens (tertiary/aromatic N) is 2. The molecular weight excluding hydrogens is 314 g/mol. The molecule has 0 aliphatic heterocycles. The van der Waals surface area contributed by atoms with Crippen molar-refractivity contribution in [3.05, 3.63) is 88.2 Å². The summed E-state index contributed by atoms with van der Waals surface area (Å²) in [5.74, 6) is -0.833. The average Bonchev–Trinajstić information content (AvgIpc) is 2.57. The molecule has 0 fully saturated rings. The summed E-state index contributed by atoms with van der Waals surface area (Å²) in [6, 6.07) is 14.1. The predicted molar refractivity (Wildman–Crippen MR) is 85.3 cm³/mol. The highest BCUT2D eigenvalue weighted by molar-refractivity contribution is 5.57. The number of rotatable bonds is 4. The van der Waals surface area contributed by atoms with Crippen LogP contribution in [0.1, 0.15) is 11.7 Å². The summed E-state index contributed by atoms with van der Waals surface area (Å²) in [5, 5.41) is 14.4. The van der Waals surface area contributed by atoms with Crippen molar-refractivity contribution in [3.8, 4) is 11.3 Å². The lowest BCUT2D eigenvalue weighted by Gasteiger charge is -2.13. The van der Waals surface area contributed by atoms with Crippen LogP contribution in [0.15, 0.2) is 65.5 Å². The van der Waals surface area contributed by atoms with Crippen molar-refractivity contribution in [1.29, 1.82) is 0 Å². The van der Waals surface area contributed by atoms with Gasteiger partial charge in [0.2, 0.25) is 0 Å². The molecule has 6 heteroatoms. The van der Waals surface area contributed by atoms with E-state index in [0.717, 1.165) is 4.68 Å². The summed E-state index contributed by atoms with van der Waals surface area (Å²) >= 11 is 0. The molecule has 0 saturated heterocycles. The van der Waals surface area contributed by atoms with Crippen LogP contribution in [0.2, 0.25) is 0 Å². The zero-order valence-corrected chi connectivity index (χ0v) is 12.6. The van der Waals surface area contributed by atoms with E-state index in [4.69, 9.17) is 0 Å². The monoisotopic (exact) mass is 328 g/mol. The maximum absolute atomic E-state index is 13.2. The molecule has 0 amide bonds. The molecular formula is C18H14F2N2O2. The SMILES string of the molecule is O=c1ccc(-c2ccc(F)cc2)nn1C[C@H](O)c1cccc(F)c1. The molecule has 24 heavy (non-hydrogen) atoms. The molecule has 1 aromatic heterocycles. The van der Waals surface area contributed by atoms with Crippen LogP contribution in [0.3, 0.4) is 0 Å². The highest BCUT2D eigenvalue weighted by atomic mass is 19.1. The Morgan fingerprint density at radius 3 is 2.46 bits per heavy atom. The minimum atomic E-state index is -1.07. The van der Waals surface area contributed by atoms with Gasteiger partial charge in [-0.25, -0.2) is 13.5 Å². The van der Waals surface area contributed by atoms with E-state index in [1.54, 1.807) is 18.2 Å². The molecule has 1 N–H and O–H groups in total. The summed E-state index contributed by atoms with van der Waals surface area (Å²) in [5.41, 5.74) is 1.08. The van der Waals surface area contributed by atoms with Gasteiger partial charge >= 0.3 is 0 Å². The van der Waals surface area contributed by atoms with E-state index in [0.29, 0.717) is 16.8 Å². The van der Waals surface area contributed by atoms with Crippen LogP contribution in [-0.4, -0.2) is 14.9 Å². The van der Waals surface area contributed by atoms with E-state index < -0.39 is 17.5 Å². The van der Waals surface area contributed by atoms with Gasteiger partial charge in [-0.1, -0.05) is 12.1 Å². The molecule has 0 saturated carbocycles. The maximum atomic E-state index is 13.2. The van der Waals surface area contributed by atoms with Crippen LogP contribution in [0.25, 0.3) is 11.3 Å². The minimum absolute atomic E-state index is 0.114. The van der Waals surface area contributed by atoms with E-state index in [9.17, 15) is 18.7 Å². The van der Waals surface area contributed by atoms with Gasteiger partial charge in [-0.15, -0.1) is 0 Å². The number of hydrogen-bond acceptors (Lipinski definition) is 3. The van der Waals surface area contributed by atoms with Gasteiger partial charge in [-0.3, -0.25) is 4.79 Å². The number of aromatic nitrogens is 2. The van der Waals surface area contributed by atoms with Crippen molar-refractivity contribution in [3.63, 3.8) is 0 Å². The zero-order chi connectivity index (χ0) is 17.1. The van der Waals surface area contributed by atoms with Crippen LogP contribution in [0.5, 0.6) is 0 Å². The Bertz CT molecular complexity index is 907. The molecule has 0 bridgehead atoms. The molecule has 2 aromatic carbocycles. The topological polar surface area (TPSA) is 55.1 Å². The molecule has 0 radical (unpaired) electrons. The second-order valence-corrected chi connectivity index (χ2v) is 5.32. The van der Waals surface area contributed by atoms with Gasteiger partial charge < -0.3 is 5.11 Å². The van der Waals surface area contributed by atoms with Crippen molar-refractivity contribution in [2.24, 2.45) is 0 Å². The lowest BCUT2D eigenvalue weighted by atomic mass is 10.1. The summed E-state index contributed by atoms with van der Waals surface area (Å²) < 4.78 is 27.3. The molecule has 122 valence electrons. The molecule has 0 spiro atoms. The van der Waals surface area contributed by atoms with Gasteiger partial charge in [-0.05, 0) is 48.0 Å². The van der Waals surface area contributed by atoms with Crippen LogP contribution in [-0.2, 0) is 6.54 Å². The number of aliphatic hydroxyl groups is 1. The molecule has 4 nitrogen and oxygen atoms in total. The van der Waals surface area contributed by atoms with Gasteiger partial charge in [0.05, 0.1) is 18.3 Å². The smallest absolute Gasteiger partial charge is 0.266 e. The van der Waals surface area contributed by atoms with E-state index >= 15 is 0 Å². The highest BCUT2D eigenvalue weighted by Gasteiger charge is 2.12. The molecule has 3 rings (SSSR count). The van der Waals surface area contributed by atoms with Gasteiger partial charge in [-0.2, -0.15) is 5.10 Å². The Labute approximate surface area is 136 Å². The Hall–Kier alpha value is -2.86. The van der Waals surface area contributed by atoms with Gasteiger partial charge in [0.1, 0.15) is 11.6 Å². The normalized spacial score (nSPS) is 12.1. The van der Waals surface area contributed by atoms with Crippen molar-refractivity contribution in [2.75, 3.05) is 0 Å². The quantitative estimate of drug-likeness (QED) is 0.801. The predicted octanol–water partition coefficient (Wildman–Crippen LogP) is 2.92. The Morgan fingerprint density at radius 2 is 1.75 bits per heavy atom. The number of benzene rings is 2. The van der Waals surface area contributed by atoms with Crippen molar-refractivity contribution >= 4 is 0 Å². The molecule has 0 aliphatic rings. The van der Waals surface area contributed by atoms with E-state index in [1.165, 1.54) is 42.5 Å². The fourth-order valence-electron chi connectivity index (χ4n) is 2.34. The third-order valence-corrected chi connectivity index (χ3v) is 3.59. The molecule has 0 aliphatic carbocycles. The zero-order valence-electron chi connectivity index (χ0n) is 12.6. The Kier molecular flexibility index (Phi) is 4.48. The fraction of sp³-hybridized carbons (Fsp3) is 0.111. The standard InChI is InChI=1S/C18H14F2N2O2/c19-14-6-4-12(5-7-14)16-8-9-18(24)22(21-16)11-17(23)13-2-1-3-15(20)10-13/h1-10,17,23H,11H2/t17-/m0/s1. The van der Waals surface area contributed by atoms with Crippen LogP contribution < -0.4 is 5.56 Å². The fourth-order valence-corrected chi connectivity index (χ4v) is 2.34. The first-order chi connectivity index (χ1) is 11.5. The Balaban J connectivity index is 1.89. The first-order valence-electron chi connectivity index (χ1n) is 7.30. The van der Waals surface area contributed by atoms with E-state index in [1.807, 2.05) is 0 Å². The summed E-state index contributed by atoms with van der Waals surface area (Å²) in [6.45, 7) is -0.114. The third kappa shape index (κ3) is 3.55. The third-order valence-electron chi connectivity index (χ3n) is 3.59. The maximum Gasteiger partial charge on any atom is 0.266 e. The molecule has 0 unspecified atom stereocenters. The summed E-state index contributed by atoms with van der Waals surface area (Å²) in [4.78, 5) is 11.9. The molecule has 1 atom stereocenters. The first-order valence-corrected chi connectivity index (χ1v) is 7.30. The largest absolute Gasteiger partial charge is 0.386 e. The second-order valence-electron chi connectivity index (χ2n) is 5.32. The van der Waals surface area contributed by atoms with Crippen LogP contribution >= 0.6 is 0 Å². The number of aliphatic hydroxyl groups excluding tert-OH is 1. The first kappa shape index (κ1) is 16.0. The van der Waals surface area contributed by atoms with Gasteiger partial charge in [0, 0.05) is 11.6 Å². The van der Waals surface area contributed by atoms with Gasteiger partial charge in [0.15, 0.2) is 0 Å². The van der Waals surface area contributed by atoms with Crippen molar-refractivity contribution in [2.45, 2.75) is 12.6 Å². The van der Waals surface area contributed by atoms with Gasteiger partial charge in [0.25, 0.3) is 5.56 Å². The van der Waals surface area contributed by atoms with Crippen LogP contribution in [0, 0.1) is 11.6 Å². The Morgan fingerprint density at radius 1 is 1.00 bits per heavy atom. The summed E-state index contributed by atoms with van der Waals surface area (Å²) in [6.07, 6.45) is -1.07. The molecule has 3 aromatic rings. The number of hydrogen-bond donors (Lipinski definition) is 1. The van der Waals surface area contributed by atoms with Crippen molar-refractivity contribution in [1.82, 2.24) is 9.78 Å². The summed E-state index contributed by atoms with van der Waals surface area (Å²) in [7, 11) is 0. The van der Waals surface area contributed by atoms with E-state index in [2.05, 4.69) is 5.10 Å².